The average molecular weight is 294 g/mol. The van der Waals surface area contributed by atoms with Gasteiger partial charge in [0.15, 0.2) is 0 Å². The number of carbonyl (C=O) groups excluding carboxylic acids is 2. The molecule has 2 amide bonds. The van der Waals surface area contributed by atoms with Gasteiger partial charge in [-0.1, -0.05) is 12.1 Å². The van der Waals surface area contributed by atoms with Crippen molar-refractivity contribution < 1.29 is 19.4 Å². The Morgan fingerprint density at radius 1 is 1.24 bits per heavy atom. The third kappa shape index (κ3) is 6.16. The van der Waals surface area contributed by atoms with E-state index in [4.69, 9.17) is 4.74 Å². The quantitative estimate of drug-likeness (QED) is 0.786. The molecular weight excluding hydrogens is 272 g/mol. The van der Waals surface area contributed by atoms with Gasteiger partial charge in [-0.05, 0) is 38.5 Å². The molecule has 1 rings (SSSR count). The van der Waals surface area contributed by atoms with Gasteiger partial charge in [-0.3, -0.25) is 4.79 Å². The molecule has 0 heterocycles. The highest BCUT2D eigenvalue weighted by molar-refractivity contribution is 5.85. The Labute approximate surface area is 124 Å². The molecule has 1 aromatic rings. The summed E-state index contributed by atoms with van der Waals surface area (Å²) >= 11 is 0. The van der Waals surface area contributed by atoms with E-state index < -0.39 is 17.7 Å². The number of rotatable bonds is 4. The van der Waals surface area contributed by atoms with Crippen LogP contribution in [0.1, 0.15) is 26.3 Å². The monoisotopic (exact) mass is 294 g/mol. The first-order valence-electron chi connectivity index (χ1n) is 6.70. The Balaban J connectivity index is 2.74. The van der Waals surface area contributed by atoms with Gasteiger partial charge in [0.25, 0.3) is 0 Å². The van der Waals surface area contributed by atoms with E-state index in [9.17, 15) is 14.7 Å². The van der Waals surface area contributed by atoms with Crippen LogP contribution in [0.4, 0.5) is 4.79 Å². The van der Waals surface area contributed by atoms with Gasteiger partial charge in [0.05, 0.1) is 0 Å². The van der Waals surface area contributed by atoms with Crippen molar-refractivity contribution in [3.05, 3.63) is 29.8 Å². The van der Waals surface area contributed by atoms with Crippen LogP contribution in [0.25, 0.3) is 0 Å². The number of aromatic hydroxyl groups is 1. The molecule has 6 heteroatoms. The number of carbonyl (C=O) groups is 2. The van der Waals surface area contributed by atoms with Gasteiger partial charge in [0.1, 0.15) is 17.4 Å². The summed E-state index contributed by atoms with van der Waals surface area (Å²) in [5, 5.41) is 14.3. The summed E-state index contributed by atoms with van der Waals surface area (Å²) in [4.78, 5) is 23.6. The molecule has 1 aromatic carbocycles. The molecule has 0 bridgehead atoms. The van der Waals surface area contributed by atoms with E-state index >= 15 is 0 Å². The van der Waals surface area contributed by atoms with Crippen molar-refractivity contribution >= 4 is 12.0 Å². The second-order valence-electron chi connectivity index (χ2n) is 5.68. The summed E-state index contributed by atoms with van der Waals surface area (Å²) in [5.41, 5.74) is 0.188. The molecule has 0 spiro atoms. The Kier molecular flexibility index (Phi) is 5.58. The number of likely N-dealkylation sites (N-methyl/N-ethyl adjacent to an activating group) is 1. The van der Waals surface area contributed by atoms with Gasteiger partial charge in [-0.25, -0.2) is 4.79 Å². The molecule has 0 saturated heterocycles. The molecule has 1 unspecified atom stereocenters. The number of benzene rings is 1. The number of amides is 2. The summed E-state index contributed by atoms with van der Waals surface area (Å²) in [6.45, 7) is 5.25. The molecule has 0 aliphatic heterocycles. The predicted molar refractivity (Wildman–Crippen MR) is 79.0 cm³/mol. The van der Waals surface area contributed by atoms with Crippen molar-refractivity contribution in [3.8, 4) is 5.75 Å². The first kappa shape index (κ1) is 16.8. The largest absolute Gasteiger partial charge is 0.508 e. The van der Waals surface area contributed by atoms with E-state index in [1.807, 2.05) is 0 Å². The van der Waals surface area contributed by atoms with Crippen molar-refractivity contribution in [2.45, 2.75) is 38.8 Å². The Morgan fingerprint density at radius 3 is 2.29 bits per heavy atom. The lowest BCUT2D eigenvalue weighted by atomic mass is 10.1. The minimum atomic E-state index is -0.741. The van der Waals surface area contributed by atoms with E-state index in [-0.39, 0.29) is 11.7 Å². The maximum absolute atomic E-state index is 11.9. The molecular formula is C15H22N2O4. The van der Waals surface area contributed by atoms with Crippen LogP contribution >= 0.6 is 0 Å². The lowest BCUT2D eigenvalue weighted by molar-refractivity contribution is -0.122. The number of nitrogens with one attached hydrogen (secondary N) is 2. The van der Waals surface area contributed by atoms with E-state index in [1.165, 1.54) is 19.2 Å². The van der Waals surface area contributed by atoms with Gasteiger partial charge < -0.3 is 20.5 Å². The third-order valence-corrected chi connectivity index (χ3v) is 2.63. The maximum atomic E-state index is 11.9. The maximum Gasteiger partial charge on any atom is 0.408 e. The number of ether oxygens (including phenoxy) is 1. The highest BCUT2D eigenvalue weighted by Gasteiger charge is 2.23. The summed E-state index contributed by atoms with van der Waals surface area (Å²) in [5.74, 6) is -0.163. The van der Waals surface area contributed by atoms with Crippen molar-refractivity contribution in [2.24, 2.45) is 0 Å². The first-order chi connectivity index (χ1) is 9.71. The van der Waals surface area contributed by atoms with Crippen molar-refractivity contribution in [1.29, 1.82) is 0 Å². The fourth-order valence-electron chi connectivity index (χ4n) is 1.70. The highest BCUT2D eigenvalue weighted by Crippen LogP contribution is 2.12. The number of alkyl carbamates (subject to hydrolysis) is 1. The topological polar surface area (TPSA) is 87.7 Å². The fraction of sp³-hybridized carbons (Fsp3) is 0.467. The molecule has 0 radical (unpaired) electrons. The smallest absolute Gasteiger partial charge is 0.408 e. The van der Waals surface area contributed by atoms with Crippen LogP contribution in [0.15, 0.2) is 24.3 Å². The Hall–Kier alpha value is -2.24. The summed E-state index contributed by atoms with van der Waals surface area (Å²) in [7, 11) is 1.50. The minimum absolute atomic E-state index is 0.148. The zero-order chi connectivity index (χ0) is 16.0. The minimum Gasteiger partial charge on any atom is -0.508 e. The Morgan fingerprint density at radius 2 is 1.81 bits per heavy atom. The number of phenols is 1. The highest BCUT2D eigenvalue weighted by atomic mass is 16.6. The molecule has 0 fully saturated rings. The summed E-state index contributed by atoms with van der Waals surface area (Å²) in [6, 6.07) is 5.71. The van der Waals surface area contributed by atoms with Crippen molar-refractivity contribution in [2.75, 3.05) is 7.05 Å². The molecule has 6 nitrogen and oxygen atoms in total. The van der Waals surface area contributed by atoms with Gasteiger partial charge in [0, 0.05) is 13.5 Å². The van der Waals surface area contributed by atoms with E-state index in [0.717, 1.165) is 5.56 Å². The fourth-order valence-corrected chi connectivity index (χ4v) is 1.70. The molecule has 0 saturated carbocycles. The molecule has 1 atom stereocenters. The number of phenolic OH excluding ortho intramolecular Hbond substituents is 1. The van der Waals surface area contributed by atoms with Crippen LogP contribution in [0, 0.1) is 0 Å². The van der Waals surface area contributed by atoms with Crippen LogP contribution in [0.3, 0.4) is 0 Å². The molecule has 0 aromatic heterocycles. The summed E-state index contributed by atoms with van der Waals surface area (Å²) in [6.07, 6.45) is -0.339. The van der Waals surface area contributed by atoms with Crippen LogP contribution < -0.4 is 10.6 Å². The van der Waals surface area contributed by atoms with Gasteiger partial charge in [0.2, 0.25) is 5.91 Å². The van der Waals surface area contributed by atoms with Crippen LogP contribution in [-0.2, 0) is 16.0 Å². The average Bonchev–Trinajstić information content (AvgIpc) is 2.37. The van der Waals surface area contributed by atoms with Crippen LogP contribution in [0.2, 0.25) is 0 Å². The molecule has 3 N–H and O–H groups in total. The first-order valence-corrected chi connectivity index (χ1v) is 6.70. The zero-order valence-corrected chi connectivity index (χ0v) is 12.8. The molecule has 116 valence electrons. The lowest BCUT2D eigenvalue weighted by Gasteiger charge is -2.23. The van der Waals surface area contributed by atoms with E-state index in [0.29, 0.717) is 6.42 Å². The molecule has 0 aliphatic rings. The second-order valence-corrected chi connectivity index (χ2v) is 5.68. The van der Waals surface area contributed by atoms with E-state index in [1.54, 1.807) is 32.9 Å². The number of hydrogen-bond donors (Lipinski definition) is 3. The van der Waals surface area contributed by atoms with Crippen LogP contribution in [-0.4, -0.2) is 35.8 Å². The van der Waals surface area contributed by atoms with Crippen molar-refractivity contribution in [1.82, 2.24) is 10.6 Å². The predicted octanol–water partition coefficient (Wildman–Crippen LogP) is 1.57. The van der Waals surface area contributed by atoms with Crippen molar-refractivity contribution in [3.63, 3.8) is 0 Å². The standard InChI is InChI=1S/C15H22N2O4/c1-15(2,3)21-14(20)17-12(13(19)16-4)9-10-5-7-11(18)8-6-10/h5-8,12,18H,9H2,1-4H3,(H,16,19)(H,17,20). The lowest BCUT2D eigenvalue weighted by Crippen LogP contribution is -2.48. The van der Waals surface area contributed by atoms with Gasteiger partial charge in [-0.15, -0.1) is 0 Å². The van der Waals surface area contributed by atoms with Gasteiger partial charge >= 0.3 is 6.09 Å². The third-order valence-electron chi connectivity index (χ3n) is 2.63. The summed E-state index contributed by atoms with van der Waals surface area (Å²) < 4.78 is 5.15. The van der Waals surface area contributed by atoms with Crippen LogP contribution in [0.5, 0.6) is 5.75 Å². The second kappa shape index (κ2) is 6.97. The molecule has 0 aliphatic carbocycles. The Bertz CT molecular complexity index is 491. The number of hydrogen-bond acceptors (Lipinski definition) is 4. The zero-order valence-electron chi connectivity index (χ0n) is 12.8. The molecule has 21 heavy (non-hydrogen) atoms. The van der Waals surface area contributed by atoms with Gasteiger partial charge in [-0.2, -0.15) is 0 Å². The van der Waals surface area contributed by atoms with E-state index in [2.05, 4.69) is 10.6 Å². The normalized spacial score (nSPS) is 12.4. The SMILES string of the molecule is CNC(=O)C(Cc1ccc(O)cc1)NC(=O)OC(C)(C)C.